The summed E-state index contributed by atoms with van der Waals surface area (Å²) in [5.74, 6) is -1.35. The maximum Gasteiger partial charge on any atom is 0.407 e. The largest absolute Gasteiger partial charge is 0.480 e. The molecule has 7 heteroatoms. The third-order valence-electron chi connectivity index (χ3n) is 7.01. The molecule has 1 aliphatic heterocycles. The number of carbonyl (C=O) groups excluding carboxylic acids is 2. The van der Waals surface area contributed by atoms with Crippen LogP contribution >= 0.6 is 0 Å². The third kappa shape index (κ3) is 4.39. The molecule has 2 N–H and O–H groups in total. The smallest absolute Gasteiger partial charge is 0.407 e. The second-order valence-electron chi connectivity index (χ2n) is 9.82. The minimum absolute atomic E-state index is 0.0775. The molecule has 1 fully saturated rings. The van der Waals surface area contributed by atoms with E-state index >= 15 is 0 Å². The van der Waals surface area contributed by atoms with Crippen LogP contribution < -0.4 is 5.32 Å². The van der Waals surface area contributed by atoms with Crippen LogP contribution in [0, 0.1) is 5.92 Å². The topological polar surface area (TPSA) is 95.9 Å². The van der Waals surface area contributed by atoms with Gasteiger partial charge in [0, 0.05) is 12.5 Å². The summed E-state index contributed by atoms with van der Waals surface area (Å²) < 4.78 is 5.63. The summed E-state index contributed by atoms with van der Waals surface area (Å²) in [7, 11) is 0. The van der Waals surface area contributed by atoms with Gasteiger partial charge in [0.25, 0.3) is 0 Å². The molecule has 0 bridgehead atoms. The highest BCUT2D eigenvalue weighted by molar-refractivity contribution is 5.91. The molecule has 4 rings (SSSR count). The number of rotatable bonds is 7. The van der Waals surface area contributed by atoms with Gasteiger partial charge in [0.1, 0.15) is 18.2 Å². The van der Waals surface area contributed by atoms with E-state index in [9.17, 15) is 19.5 Å². The Hall–Kier alpha value is -3.35. The lowest BCUT2D eigenvalue weighted by Gasteiger charge is -2.34. The summed E-state index contributed by atoms with van der Waals surface area (Å²) >= 11 is 0. The van der Waals surface area contributed by atoms with Crippen LogP contribution in [0.5, 0.6) is 0 Å². The number of aliphatic carboxylic acids is 1. The van der Waals surface area contributed by atoms with Crippen molar-refractivity contribution < 1.29 is 24.2 Å². The van der Waals surface area contributed by atoms with Crippen LogP contribution in [0.4, 0.5) is 4.79 Å². The molecule has 0 aromatic heterocycles. The van der Waals surface area contributed by atoms with Gasteiger partial charge in [-0.15, -0.1) is 0 Å². The van der Waals surface area contributed by atoms with Gasteiger partial charge in [0.05, 0.1) is 0 Å². The monoisotopic (exact) mass is 464 g/mol. The first-order valence-corrected chi connectivity index (χ1v) is 11.9. The highest BCUT2D eigenvalue weighted by atomic mass is 16.5. The molecule has 1 saturated heterocycles. The molecule has 2 amide bonds. The van der Waals surface area contributed by atoms with E-state index in [1.165, 1.54) is 4.90 Å². The van der Waals surface area contributed by atoms with E-state index in [0.717, 1.165) is 22.3 Å². The van der Waals surface area contributed by atoms with Gasteiger partial charge < -0.3 is 20.1 Å². The summed E-state index contributed by atoms with van der Waals surface area (Å²) in [6, 6.07) is 15.3. The fourth-order valence-electron chi connectivity index (χ4n) is 5.20. The van der Waals surface area contributed by atoms with E-state index in [2.05, 4.69) is 17.4 Å². The average molecular weight is 465 g/mol. The predicted octanol–water partition coefficient (Wildman–Crippen LogP) is 4.41. The van der Waals surface area contributed by atoms with Crippen LogP contribution in [0.2, 0.25) is 0 Å². The Morgan fingerprint density at radius 2 is 1.68 bits per heavy atom. The first-order valence-electron chi connectivity index (χ1n) is 11.9. The molecule has 1 aliphatic carbocycles. The molecule has 0 spiro atoms. The Labute approximate surface area is 200 Å². The van der Waals surface area contributed by atoms with Crippen molar-refractivity contribution in [2.75, 3.05) is 13.2 Å². The van der Waals surface area contributed by atoms with Crippen molar-refractivity contribution in [2.45, 2.75) is 57.5 Å². The Morgan fingerprint density at radius 1 is 1.09 bits per heavy atom. The molecule has 2 atom stereocenters. The number of carboxylic acids is 1. The normalized spacial score (nSPS) is 20.1. The molecule has 7 nitrogen and oxygen atoms in total. The van der Waals surface area contributed by atoms with E-state index < -0.39 is 23.6 Å². The summed E-state index contributed by atoms with van der Waals surface area (Å²) in [6.07, 6.45) is 0.744. The Morgan fingerprint density at radius 3 is 2.24 bits per heavy atom. The predicted molar refractivity (Wildman–Crippen MR) is 128 cm³/mol. The lowest BCUT2D eigenvalue weighted by Crippen LogP contribution is -2.57. The number of alkyl carbamates (subject to hydrolysis) is 1. The molecular formula is C27H32N2O5. The minimum Gasteiger partial charge on any atom is -0.480 e. The average Bonchev–Trinajstić information content (AvgIpc) is 3.35. The molecular weight excluding hydrogens is 432 g/mol. The maximum absolute atomic E-state index is 13.3. The number of ether oxygens (including phenoxy) is 1. The highest BCUT2D eigenvalue weighted by Crippen LogP contribution is 2.44. The zero-order valence-electron chi connectivity index (χ0n) is 19.9. The zero-order chi connectivity index (χ0) is 24.5. The van der Waals surface area contributed by atoms with Crippen molar-refractivity contribution in [3.05, 3.63) is 59.7 Å². The number of carboxylic acid groups (broad SMARTS) is 1. The van der Waals surface area contributed by atoms with Crippen molar-refractivity contribution in [1.29, 1.82) is 0 Å². The second-order valence-corrected chi connectivity index (χ2v) is 9.82. The number of amides is 2. The van der Waals surface area contributed by atoms with Crippen LogP contribution in [0.15, 0.2) is 48.5 Å². The minimum atomic E-state index is -1.25. The van der Waals surface area contributed by atoms with Gasteiger partial charge in [-0.25, -0.2) is 9.59 Å². The summed E-state index contributed by atoms with van der Waals surface area (Å²) in [5.41, 5.74) is 3.25. The van der Waals surface area contributed by atoms with Crippen molar-refractivity contribution in [2.24, 2.45) is 5.92 Å². The maximum atomic E-state index is 13.3. The van der Waals surface area contributed by atoms with Crippen molar-refractivity contribution in [1.82, 2.24) is 10.2 Å². The van der Waals surface area contributed by atoms with Gasteiger partial charge in [0.2, 0.25) is 5.91 Å². The molecule has 2 aliphatic rings. The number of nitrogens with one attached hydrogen (secondary N) is 1. The Balaban J connectivity index is 1.46. The fraction of sp³-hybridized carbons (Fsp3) is 0.444. The summed E-state index contributed by atoms with van der Waals surface area (Å²) in [5, 5.41) is 12.4. The number of fused-ring (bicyclic) bond motifs is 3. The van der Waals surface area contributed by atoms with Gasteiger partial charge in [-0.3, -0.25) is 4.79 Å². The quantitative estimate of drug-likeness (QED) is 0.633. The van der Waals surface area contributed by atoms with E-state index in [4.69, 9.17) is 4.74 Å². The van der Waals surface area contributed by atoms with E-state index in [0.29, 0.717) is 25.8 Å². The van der Waals surface area contributed by atoms with Gasteiger partial charge in [0.15, 0.2) is 0 Å². The van der Waals surface area contributed by atoms with Gasteiger partial charge in [-0.1, -0.05) is 62.4 Å². The molecule has 1 unspecified atom stereocenters. The standard InChI is InChI=1S/C27H32N2O5/c1-17(2)15-23(24(30)29-14-8-13-27(29,3)25(31)32)28-26(33)34-16-22-20-11-6-4-9-18(20)19-10-5-7-12-21(19)22/h4-7,9-12,17,22-23H,8,13-16H2,1-3H3,(H,28,33)(H,31,32)/t23-,27?/m0/s1. The molecule has 0 saturated carbocycles. The van der Waals surface area contributed by atoms with Gasteiger partial charge >= 0.3 is 12.1 Å². The van der Waals surface area contributed by atoms with Gasteiger partial charge in [-0.2, -0.15) is 0 Å². The van der Waals surface area contributed by atoms with Crippen LogP contribution in [0.3, 0.4) is 0 Å². The molecule has 180 valence electrons. The Kier molecular flexibility index (Phi) is 6.64. The first-order chi connectivity index (χ1) is 16.2. The summed E-state index contributed by atoms with van der Waals surface area (Å²) in [6.45, 7) is 6.00. The van der Waals surface area contributed by atoms with Crippen molar-refractivity contribution in [3.63, 3.8) is 0 Å². The highest BCUT2D eigenvalue weighted by Gasteiger charge is 2.47. The number of benzene rings is 2. The number of hydrogen-bond donors (Lipinski definition) is 2. The van der Waals surface area contributed by atoms with Crippen LogP contribution in [0.25, 0.3) is 11.1 Å². The lowest BCUT2D eigenvalue weighted by atomic mass is 9.97. The van der Waals surface area contributed by atoms with E-state index in [1.54, 1.807) is 6.92 Å². The molecule has 2 aromatic carbocycles. The van der Waals surface area contributed by atoms with E-state index in [1.807, 2.05) is 50.2 Å². The van der Waals surface area contributed by atoms with Crippen LogP contribution in [-0.4, -0.2) is 52.7 Å². The summed E-state index contributed by atoms with van der Waals surface area (Å²) in [4.78, 5) is 39.4. The molecule has 0 radical (unpaired) electrons. The number of carbonyl (C=O) groups is 3. The van der Waals surface area contributed by atoms with Crippen molar-refractivity contribution >= 4 is 18.0 Å². The molecule has 1 heterocycles. The van der Waals surface area contributed by atoms with Crippen molar-refractivity contribution in [3.8, 4) is 11.1 Å². The first kappa shape index (κ1) is 23.8. The zero-order valence-corrected chi connectivity index (χ0v) is 19.9. The van der Waals surface area contributed by atoms with Crippen LogP contribution in [-0.2, 0) is 14.3 Å². The third-order valence-corrected chi connectivity index (χ3v) is 7.01. The number of nitrogens with zero attached hydrogens (tertiary/aromatic N) is 1. The number of hydrogen-bond acceptors (Lipinski definition) is 4. The lowest BCUT2D eigenvalue weighted by molar-refractivity contribution is -0.156. The Bertz CT molecular complexity index is 1050. The van der Waals surface area contributed by atoms with Crippen LogP contribution in [0.1, 0.15) is 57.1 Å². The SMILES string of the molecule is CC(C)C[C@H](NC(=O)OCC1c2ccccc2-c2ccccc21)C(=O)N1CCCC1(C)C(=O)O. The molecule has 34 heavy (non-hydrogen) atoms. The fourth-order valence-corrected chi connectivity index (χ4v) is 5.20. The number of likely N-dealkylation sites (tertiary alicyclic amines) is 1. The van der Waals surface area contributed by atoms with Gasteiger partial charge in [-0.05, 0) is 54.4 Å². The molecule has 2 aromatic rings. The van der Waals surface area contributed by atoms with E-state index in [-0.39, 0.29) is 24.3 Å². The second kappa shape index (κ2) is 9.49.